The number of carbonyl (C=O) groups is 4. The molecule has 36 heavy (non-hydrogen) atoms. The van der Waals surface area contributed by atoms with Crippen molar-refractivity contribution in [3.63, 3.8) is 0 Å². The normalized spacial score (nSPS) is 10.9. The molecule has 210 valence electrons. The number of hydrogen-bond acceptors (Lipinski definition) is 12. The van der Waals surface area contributed by atoms with E-state index < -0.39 is 35.7 Å². The monoisotopic (exact) mass is 522 g/mol. The summed E-state index contributed by atoms with van der Waals surface area (Å²) < 4.78 is 41.2. The third-order valence-corrected chi connectivity index (χ3v) is 4.50. The lowest BCUT2D eigenvalue weighted by atomic mass is 10.1. The number of ether oxygens (including phenoxy) is 8. The lowest BCUT2D eigenvalue weighted by Gasteiger charge is -2.14. The van der Waals surface area contributed by atoms with Crippen molar-refractivity contribution in [2.75, 3.05) is 79.3 Å². The van der Waals surface area contributed by atoms with Gasteiger partial charge in [-0.2, -0.15) is 0 Å². The van der Waals surface area contributed by atoms with Crippen LogP contribution in [-0.4, -0.2) is 103 Å². The van der Waals surface area contributed by atoms with Crippen LogP contribution in [0.3, 0.4) is 0 Å². The fourth-order valence-electron chi connectivity index (χ4n) is 2.80. The van der Waals surface area contributed by atoms with Crippen molar-refractivity contribution in [2.45, 2.75) is 40.5 Å². The highest BCUT2D eigenvalue weighted by Gasteiger charge is 2.30. The molecule has 0 unspecified atom stereocenters. The number of hydrogen-bond donors (Lipinski definition) is 0. The van der Waals surface area contributed by atoms with E-state index in [9.17, 15) is 19.2 Å². The smallest absolute Gasteiger partial charge is 0.320 e. The summed E-state index contributed by atoms with van der Waals surface area (Å²) in [6.07, 6.45) is 0.336. The van der Waals surface area contributed by atoms with Crippen molar-refractivity contribution in [2.24, 2.45) is 11.8 Å². The van der Waals surface area contributed by atoms with Crippen LogP contribution >= 0.6 is 0 Å². The second-order valence-electron chi connectivity index (χ2n) is 7.14. The molecule has 0 aliphatic heterocycles. The molecule has 0 radical (unpaired) electrons. The molecule has 0 heterocycles. The van der Waals surface area contributed by atoms with E-state index in [0.717, 1.165) is 0 Å². The van der Waals surface area contributed by atoms with E-state index in [1.807, 2.05) is 0 Å². The zero-order valence-corrected chi connectivity index (χ0v) is 22.0. The van der Waals surface area contributed by atoms with E-state index in [0.29, 0.717) is 39.6 Å². The van der Waals surface area contributed by atoms with Gasteiger partial charge in [-0.15, -0.1) is 0 Å². The molecule has 12 heteroatoms. The van der Waals surface area contributed by atoms with E-state index >= 15 is 0 Å². The second-order valence-corrected chi connectivity index (χ2v) is 7.14. The van der Waals surface area contributed by atoms with Gasteiger partial charge in [-0.05, 0) is 40.5 Å². The van der Waals surface area contributed by atoms with Crippen LogP contribution in [0.25, 0.3) is 0 Å². The molecule has 0 aromatic carbocycles. The Hall–Kier alpha value is -2.28. The molecule has 0 aromatic heterocycles. The summed E-state index contributed by atoms with van der Waals surface area (Å²) in [6, 6.07) is 0. The minimum Gasteiger partial charge on any atom is -0.465 e. The topological polar surface area (TPSA) is 142 Å². The van der Waals surface area contributed by atoms with Crippen molar-refractivity contribution in [1.82, 2.24) is 0 Å². The van der Waals surface area contributed by atoms with Crippen LogP contribution in [0.15, 0.2) is 0 Å². The average Bonchev–Trinajstić information content (AvgIpc) is 2.84. The minimum absolute atomic E-state index is 0.168. The zero-order chi connectivity index (χ0) is 27.0. The van der Waals surface area contributed by atoms with Gasteiger partial charge in [0, 0.05) is 13.2 Å². The lowest BCUT2D eigenvalue weighted by Crippen LogP contribution is -2.29. The summed E-state index contributed by atoms with van der Waals surface area (Å²) in [4.78, 5) is 47.5. The Morgan fingerprint density at radius 2 is 0.639 bits per heavy atom. The fraction of sp³-hybridized carbons (Fsp3) is 0.833. The third kappa shape index (κ3) is 16.4. The van der Waals surface area contributed by atoms with Gasteiger partial charge >= 0.3 is 23.9 Å². The van der Waals surface area contributed by atoms with Crippen molar-refractivity contribution in [3.05, 3.63) is 0 Å². The molecule has 0 saturated heterocycles. The summed E-state index contributed by atoms with van der Waals surface area (Å²) in [5, 5.41) is 0. The Morgan fingerprint density at radius 3 is 0.861 bits per heavy atom. The Kier molecular flexibility index (Phi) is 21.7. The van der Waals surface area contributed by atoms with Gasteiger partial charge in [0.25, 0.3) is 0 Å². The highest BCUT2D eigenvalue weighted by Crippen LogP contribution is 2.10. The maximum Gasteiger partial charge on any atom is 0.320 e. The first-order valence-electron chi connectivity index (χ1n) is 12.4. The SMILES string of the molecule is CCOC(=O)C(CCOCCOCCOCCOCCC(C(=O)OCC)C(=O)OCC)C(=O)OCC. The Morgan fingerprint density at radius 1 is 0.417 bits per heavy atom. The van der Waals surface area contributed by atoms with Gasteiger partial charge in [0.15, 0.2) is 11.8 Å². The van der Waals surface area contributed by atoms with Crippen LogP contribution in [0.4, 0.5) is 0 Å². The molecule has 0 N–H and O–H groups in total. The molecular weight excluding hydrogens is 480 g/mol. The first-order chi connectivity index (χ1) is 17.4. The maximum atomic E-state index is 11.9. The highest BCUT2D eigenvalue weighted by molar-refractivity contribution is 5.95. The molecule has 0 saturated carbocycles. The van der Waals surface area contributed by atoms with Crippen molar-refractivity contribution in [3.8, 4) is 0 Å². The first-order valence-corrected chi connectivity index (χ1v) is 12.4. The minimum atomic E-state index is -0.998. The second kappa shape index (κ2) is 23.1. The molecule has 0 aliphatic rings. The van der Waals surface area contributed by atoms with Gasteiger partial charge in [0.05, 0.1) is 66.1 Å². The summed E-state index contributed by atoms with van der Waals surface area (Å²) in [5.41, 5.74) is 0. The summed E-state index contributed by atoms with van der Waals surface area (Å²) in [7, 11) is 0. The molecule has 0 aromatic rings. The summed E-state index contributed by atoms with van der Waals surface area (Å²) in [5.74, 6) is -4.46. The van der Waals surface area contributed by atoms with Gasteiger partial charge in [0.1, 0.15) is 0 Å². The fourth-order valence-corrected chi connectivity index (χ4v) is 2.80. The van der Waals surface area contributed by atoms with E-state index in [4.69, 9.17) is 37.9 Å². The van der Waals surface area contributed by atoms with E-state index in [1.54, 1.807) is 27.7 Å². The predicted molar refractivity (Wildman–Crippen MR) is 126 cm³/mol. The molecule has 0 amide bonds. The predicted octanol–water partition coefficient (Wildman–Crippen LogP) is 1.32. The third-order valence-electron chi connectivity index (χ3n) is 4.50. The van der Waals surface area contributed by atoms with Crippen LogP contribution in [0.2, 0.25) is 0 Å². The van der Waals surface area contributed by atoms with Crippen LogP contribution in [0.1, 0.15) is 40.5 Å². The average molecular weight is 523 g/mol. The van der Waals surface area contributed by atoms with Gasteiger partial charge in [-0.25, -0.2) is 0 Å². The van der Waals surface area contributed by atoms with E-state index in [2.05, 4.69) is 0 Å². The number of carbonyl (C=O) groups excluding carboxylic acids is 4. The standard InChI is InChI=1S/C24H42O12/c1-5-33-21(25)19(22(26)34-6-2)9-11-29-13-15-31-17-18-32-16-14-30-12-10-20(23(27)35-7-3)24(28)36-8-4/h19-20H,5-18H2,1-4H3. The molecule has 0 spiro atoms. The van der Waals surface area contributed by atoms with Gasteiger partial charge < -0.3 is 37.9 Å². The Labute approximate surface area is 213 Å². The summed E-state index contributed by atoms with van der Waals surface area (Å²) in [6.45, 7) is 9.73. The van der Waals surface area contributed by atoms with Crippen molar-refractivity contribution < 1.29 is 57.1 Å². The number of esters is 4. The largest absolute Gasteiger partial charge is 0.465 e. The van der Waals surface area contributed by atoms with E-state index in [-0.39, 0.29) is 52.5 Å². The molecule has 0 aliphatic carbocycles. The highest BCUT2D eigenvalue weighted by atomic mass is 16.6. The molecular formula is C24H42O12. The summed E-state index contributed by atoms with van der Waals surface area (Å²) >= 11 is 0. The molecule has 0 atom stereocenters. The van der Waals surface area contributed by atoms with Crippen molar-refractivity contribution in [1.29, 1.82) is 0 Å². The Bertz CT molecular complexity index is 522. The molecule has 0 rings (SSSR count). The molecule has 12 nitrogen and oxygen atoms in total. The Balaban J connectivity index is 3.80. The van der Waals surface area contributed by atoms with Crippen LogP contribution in [0.5, 0.6) is 0 Å². The van der Waals surface area contributed by atoms with Crippen LogP contribution in [-0.2, 0) is 57.1 Å². The molecule has 0 fully saturated rings. The van der Waals surface area contributed by atoms with Gasteiger partial charge in [-0.1, -0.05) is 0 Å². The number of rotatable bonds is 23. The van der Waals surface area contributed by atoms with Gasteiger partial charge in [0.2, 0.25) is 0 Å². The van der Waals surface area contributed by atoms with Crippen LogP contribution < -0.4 is 0 Å². The zero-order valence-electron chi connectivity index (χ0n) is 22.0. The first kappa shape index (κ1) is 33.7. The molecule has 0 bridgehead atoms. The quantitative estimate of drug-likeness (QED) is 0.0826. The van der Waals surface area contributed by atoms with E-state index in [1.165, 1.54) is 0 Å². The maximum absolute atomic E-state index is 11.9. The van der Waals surface area contributed by atoms with Gasteiger partial charge in [-0.3, -0.25) is 19.2 Å². The lowest BCUT2D eigenvalue weighted by molar-refractivity contribution is -0.164. The van der Waals surface area contributed by atoms with Crippen LogP contribution in [0, 0.1) is 11.8 Å². The van der Waals surface area contributed by atoms with Crippen molar-refractivity contribution >= 4 is 23.9 Å².